The maximum absolute atomic E-state index is 11.2. The maximum Gasteiger partial charge on any atom is 0.303 e. The summed E-state index contributed by atoms with van der Waals surface area (Å²) in [4.78, 5) is 23.3. The van der Waals surface area contributed by atoms with E-state index in [0.29, 0.717) is 19.5 Å². The number of likely N-dealkylation sites (tertiary alicyclic amines) is 1. The van der Waals surface area contributed by atoms with Crippen LogP contribution in [0.15, 0.2) is 0 Å². The number of hydrogen-bond donors (Lipinski definition) is 1. The van der Waals surface area contributed by atoms with E-state index in [-0.39, 0.29) is 18.2 Å². The van der Waals surface area contributed by atoms with E-state index in [2.05, 4.69) is 0 Å². The largest absolute Gasteiger partial charge is 0.481 e. The fraction of sp³-hybridized carbons (Fsp3) is 0.778. The van der Waals surface area contributed by atoms with Gasteiger partial charge in [0, 0.05) is 25.4 Å². The Kier molecular flexibility index (Phi) is 3.28. The highest BCUT2D eigenvalue weighted by atomic mass is 16.4. The van der Waals surface area contributed by atoms with Crippen LogP contribution in [0.1, 0.15) is 26.2 Å². The zero-order chi connectivity index (χ0) is 9.84. The van der Waals surface area contributed by atoms with Gasteiger partial charge in [0.2, 0.25) is 5.91 Å². The summed E-state index contributed by atoms with van der Waals surface area (Å²) in [5.74, 6) is -0.435. The zero-order valence-electron chi connectivity index (χ0n) is 7.82. The standard InChI is InChI=1S/C9H15NO3/c1-2-3-8(11)10-5-7(6-10)4-9(12)13/h7H,2-6H2,1H3,(H,12,13). The first-order chi connectivity index (χ1) is 6.13. The monoisotopic (exact) mass is 185 g/mol. The zero-order valence-corrected chi connectivity index (χ0v) is 7.82. The van der Waals surface area contributed by atoms with Crippen LogP contribution in [-0.2, 0) is 9.59 Å². The molecule has 4 heteroatoms. The van der Waals surface area contributed by atoms with E-state index in [1.54, 1.807) is 4.90 Å². The molecule has 0 radical (unpaired) electrons. The average Bonchev–Trinajstić information content (AvgIpc) is 1.95. The summed E-state index contributed by atoms with van der Waals surface area (Å²) in [6.45, 7) is 3.22. The fourth-order valence-electron chi connectivity index (χ4n) is 1.52. The summed E-state index contributed by atoms with van der Waals surface area (Å²) in [5.41, 5.74) is 0. The van der Waals surface area contributed by atoms with E-state index in [0.717, 1.165) is 6.42 Å². The van der Waals surface area contributed by atoms with Crippen molar-refractivity contribution in [2.75, 3.05) is 13.1 Å². The van der Waals surface area contributed by atoms with E-state index in [9.17, 15) is 9.59 Å². The third-order valence-corrected chi connectivity index (χ3v) is 2.24. The van der Waals surface area contributed by atoms with Gasteiger partial charge in [-0.3, -0.25) is 9.59 Å². The van der Waals surface area contributed by atoms with E-state index in [1.807, 2.05) is 6.92 Å². The highest BCUT2D eigenvalue weighted by molar-refractivity contribution is 5.77. The van der Waals surface area contributed by atoms with Gasteiger partial charge < -0.3 is 10.0 Å². The molecular formula is C9H15NO3. The second kappa shape index (κ2) is 4.25. The molecule has 0 unspecified atom stereocenters. The Labute approximate surface area is 77.5 Å². The summed E-state index contributed by atoms with van der Waals surface area (Å²) in [5, 5.41) is 8.47. The molecule has 0 aliphatic carbocycles. The molecule has 1 N–H and O–H groups in total. The number of hydrogen-bond acceptors (Lipinski definition) is 2. The Balaban J connectivity index is 2.17. The molecule has 0 bridgehead atoms. The van der Waals surface area contributed by atoms with Gasteiger partial charge in [-0.2, -0.15) is 0 Å². The summed E-state index contributed by atoms with van der Waals surface area (Å²) in [6.07, 6.45) is 1.63. The minimum absolute atomic E-state index is 0.157. The van der Waals surface area contributed by atoms with Crippen LogP contribution < -0.4 is 0 Å². The van der Waals surface area contributed by atoms with Crippen molar-refractivity contribution in [3.63, 3.8) is 0 Å². The van der Waals surface area contributed by atoms with Crippen molar-refractivity contribution in [3.05, 3.63) is 0 Å². The van der Waals surface area contributed by atoms with Crippen LogP contribution in [0.25, 0.3) is 0 Å². The normalized spacial score (nSPS) is 16.8. The minimum Gasteiger partial charge on any atom is -0.481 e. The smallest absolute Gasteiger partial charge is 0.303 e. The molecule has 0 atom stereocenters. The first-order valence-corrected chi connectivity index (χ1v) is 4.63. The van der Waals surface area contributed by atoms with Gasteiger partial charge in [0.1, 0.15) is 0 Å². The van der Waals surface area contributed by atoms with E-state index in [1.165, 1.54) is 0 Å². The van der Waals surface area contributed by atoms with Gasteiger partial charge in [-0.25, -0.2) is 0 Å². The van der Waals surface area contributed by atoms with Crippen LogP contribution in [-0.4, -0.2) is 35.0 Å². The highest BCUT2D eigenvalue weighted by Gasteiger charge is 2.31. The van der Waals surface area contributed by atoms with Crippen molar-refractivity contribution in [2.45, 2.75) is 26.2 Å². The lowest BCUT2D eigenvalue weighted by Crippen LogP contribution is -2.50. The van der Waals surface area contributed by atoms with Crippen molar-refractivity contribution < 1.29 is 14.7 Å². The number of carbonyl (C=O) groups excluding carboxylic acids is 1. The number of carboxylic acid groups (broad SMARTS) is 1. The molecule has 1 aliphatic rings. The number of aliphatic carboxylic acids is 1. The molecule has 0 aromatic rings. The highest BCUT2D eigenvalue weighted by Crippen LogP contribution is 2.19. The third-order valence-electron chi connectivity index (χ3n) is 2.24. The first-order valence-electron chi connectivity index (χ1n) is 4.63. The molecule has 1 amide bonds. The van der Waals surface area contributed by atoms with Gasteiger partial charge in [-0.05, 0) is 6.42 Å². The Bertz CT molecular complexity index is 209. The van der Waals surface area contributed by atoms with Crippen molar-refractivity contribution >= 4 is 11.9 Å². The lowest BCUT2D eigenvalue weighted by Gasteiger charge is -2.38. The van der Waals surface area contributed by atoms with Gasteiger partial charge in [0.15, 0.2) is 0 Å². The number of rotatable bonds is 4. The molecule has 1 aliphatic heterocycles. The van der Waals surface area contributed by atoms with Crippen molar-refractivity contribution in [1.29, 1.82) is 0 Å². The quantitative estimate of drug-likeness (QED) is 0.702. The predicted octanol–water partition coefficient (Wildman–Crippen LogP) is 0.720. The average molecular weight is 185 g/mol. The van der Waals surface area contributed by atoms with Crippen molar-refractivity contribution in [3.8, 4) is 0 Å². The molecule has 0 spiro atoms. The van der Waals surface area contributed by atoms with Crippen LogP contribution in [0.2, 0.25) is 0 Å². The Morgan fingerprint density at radius 3 is 2.54 bits per heavy atom. The van der Waals surface area contributed by atoms with Gasteiger partial charge in [0.05, 0.1) is 6.42 Å². The van der Waals surface area contributed by atoms with Crippen molar-refractivity contribution in [1.82, 2.24) is 4.90 Å². The Morgan fingerprint density at radius 2 is 2.08 bits per heavy atom. The molecule has 74 valence electrons. The Morgan fingerprint density at radius 1 is 1.46 bits per heavy atom. The molecule has 0 aromatic carbocycles. The molecule has 13 heavy (non-hydrogen) atoms. The fourth-order valence-corrected chi connectivity index (χ4v) is 1.52. The van der Waals surface area contributed by atoms with Gasteiger partial charge >= 0.3 is 5.97 Å². The summed E-state index contributed by atoms with van der Waals surface area (Å²) in [6, 6.07) is 0. The van der Waals surface area contributed by atoms with Crippen molar-refractivity contribution in [2.24, 2.45) is 5.92 Å². The molecular weight excluding hydrogens is 170 g/mol. The third kappa shape index (κ3) is 2.72. The van der Waals surface area contributed by atoms with Crippen LogP contribution in [0.4, 0.5) is 0 Å². The van der Waals surface area contributed by atoms with E-state index in [4.69, 9.17) is 5.11 Å². The molecule has 1 fully saturated rings. The summed E-state index contributed by atoms with van der Waals surface area (Å²) < 4.78 is 0. The van der Waals surface area contributed by atoms with Gasteiger partial charge in [-0.1, -0.05) is 6.92 Å². The molecule has 0 aromatic heterocycles. The van der Waals surface area contributed by atoms with Gasteiger partial charge in [0.25, 0.3) is 0 Å². The minimum atomic E-state index is -0.771. The molecule has 1 rings (SSSR count). The van der Waals surface area contributed by atoms with Crippen LogP contribution >= 0.6 is 0 Å². The number of carboxylic acids is 1. The second-order valence-electron chi connectivity index (χ2n) is 3.51. The number of nitrogens with zero attached hydrogens (tertiary/aromatic N) is 1. The molecule has 1 saturated heterocycles. The summed E-state index contributed by atoms with van der Waals surface area (Å²) in [7, 11) is 0. The van der Waals surface area contributed by atoms with Crippen LogP contribution in [0.5, 0.6) is 0 Å². The molecule has 1 heterocycles. The summed E-state index contributed by atoms with van der Waals surface area (Å²) >= 11 is 0. The Hall–Kier alpha value is -1.06. The van der Waals surface area contributed by atoms with E-state index >= 15 is 0 Å². The predicted molar refractivity (Wildman–Crippen MR) is 47.2 cm³/mol. The van der Waals surface area contributed by atoms with E-state index < -0.39 is 5.97 Å². The van der Waals surface area contributed by atoms with Gasteiger partial charge in [-0.15, -0.1) is 0 Å². The first kappa shape index (κ1) is 10.0. The molecule has 0 saturated carbocycles. The lowest BCUT2D eigenvalue weighted by atomic mass is 9.96. The maximum atomic E-state index is 11.2. The number of carbonyl (C=O) groups is 2. The van der Waals surface area contributed by atoms with Crippen LogP contribution in [0, 0.1) is 5.92 Å². The SMILES string of the molecule is CCCC(=O)N1CC(CC(=O)O)C1. The second-order valence-corrected chi connectivity index (χ2v) is 3.51. The lowest BCUT2D eigenvalue weighted by molar-refractivity contribution is -0.145. The van der Waals surface area contributed by atoms with Crippen LogP contribution in [0.3, 0.4) is 0 Å². The number of amides is 1. The topological polar surface area (TPSA) is 57.6 Å². The molecule has 4 nitrogen and oxygen atoms in total.